The van der Waals surface area contributed by atoms with Crippen molar-refractivity contribution in [2.45, 2.75) is 68.4 Å². The van der Waals surface area contributed by atoms with Crippen molar-refractivity contribution in [2.24, 2.45) is 10.8 Å². The van der Waals surface area contributed by atoms with Gasteiger partial charge in [0, 0.05) is 15.7 Å². The van der Waals surface area contributed by atoms with E-state index in [1.165, 1.54) is 5.57 Å². The minimum absolute atomic E-state index is 0.123. The highest BCUT2D eigenvalue weighted by Gasteiger charge is 2.68. The van der Waals surface area contributed by atoms with Crippen LogP contribution in [0.4, 0.5) is 0 Å². The molecule has 18 heavy (non-hydrogen) atoms. The zero-order valence-electron chi connectivity index (χ0n) is 11.4. The van der Waals surface area contributed by atoms with Crippen molar-refractivity contribution in [3.05, 3.63) is 12.2 Å². The number of rotatable bonds is 0. The molecule has 1 aliphatic heterocycles. The van der Waals surface area contributed by atoms with E-state index < -0.39 is 0 Å². The van der Waals surface area contributed by atoms with Gasteiger partial charge in [-0.05, 0) is 32.6 Å². The molecule has 102 valence electrons. The fraction of sp³-hybridized carbons (Fsp3) is 0.867. The van der Waals surface area contributed by atoms with Crippen LogP contribution in [0.5, 0.6) is 0 Å². The van der Waals surface area contributed by atoms with Crippen LogP contribution >= 0.6 is 27.5 Å². The molecule has 3 rings (SSSR count). The van der Waals surface area contributed by atoms with Gasteiger partial charge >= 0.3 is 0 Å². The summed E-state index contributed by atoms with van der Waals surface area (Å²) in [6.07, 6.45) is 4.84. The molecule has 2 bridgehead atoms. The van der Waals surface area contributed by atoms with Gasteiger partial charge in [-0.3, -0.25) is 0 Å². The van der Waals surface area contributed by atoms with Gasteiger partial charge in [0.2, 0.25) is 0 Å². The maximum Gasteiger partial charge on any atom is 0.0695 e. The standard InChI is InChI=1S/C15H22BrClO/c1-9-5-6-11-13(2,3)15(9)7-10(16)14(4,17)8-12(15)18-11/h10-12H,1,5-8H2,2-4H3/t10-,11?,12?,14-,15?/m0/s1. The minimum Gasteiger partial charge on any atom is -0.373 e. The summed E-state index contributed by atoms with van der Waals surface area (Å²) in [5, 5.41) is 0. The van der Waals surface area contributed by atoms with Gasteiger partial charge in [0.1, 0.15) is 0 Å². The second-order valence-electron chi connectivity index (χ2n) is 7.10. The number of fused-ring (bicyclic) bond motifs is 1. The second-order valence-corrected chi connectivity index (χ2v) is 9.07. The van der Waals surface area contributed by atoms with E-state index >= 15 is 0 Å². The first-order valence-electron chi connectivity index (χ1n) is 6.88. The number of alkyl halides is 2. The van der Waals surface area contributed by atoms with E-state index in [-0.39, 0.29) is 21.8 Å². The Kier molecular flexibility index (Phi) is 2.82. The van der Waals surface area contributed by atoms with Crippen molar-refractivity contribution < 1.29 is 4.74 Å². The molecule has 1 saturated heterocycles. The maximum atomic E-state index is 6.66. The molecule has 0 aromatic heterocycles. The molecular weight excluding hydrogens is 312 g/mol. The fourth-order valence-corrected chi connectivity index (χ4v) is 5.49. The Morgan fingerprint density at radius 3 is 2.61 bits per heavy atom. The highest BCUT2D eigenvalue weighted by molar-refractivity contribution is 9.09. The van der Waals surface area contributed by atoms with Gasteiger partial charge in [0.05, 0.1) is 17.1 Å². The van der Waals surface area contributed by atoms with Gasteiger partial charge in [-0.1, -0.05) is 41.9 Å². The Hall–Kier alpha value is 0.470. The predicted octanol–water partition coefficient (Wildman–Crippen LogP) is 4.67. The van der Waals surface area contributed by atoms with Crippen LogP contribution in [-0.4, -0.2) is 21.9 Å². The summed E-state index contributed by atoms with van der Waals surface area (Å²) in [5.41, 5.74) is 1.70. The topological polar surface area (TPSA) is 9.23 Å². The van der Waals surface area contributed by atoms with Gasteiger partial charge in [-0.15, -0.1) is 11.6 Å². The third-order valence-corrected chi connectivity index (χ3v) is 7.93. The SMILES string of the molecule is C=C1CCC2OC3C[C@](C)(Cl)[C@@H](Br)CC13C2(C)C. The molecule has 0 amide bonds. The van der Waals surface area contributed by atoms with Gasteiger partial charge in [-0.25, -0.2) is 0 Å². The number of ether oxygens (including phenoxy) is 1. The van der Waals surface area contributed by atoms with Crippen molar-refractivity contribution in [3.8, 4) is 0 Å². The van der Waals surface area contributed by atoms with E-state index in [1.54, 1.807) is 0 Å². The van der Waals surface area contributed by atoms with E-state index in [0.29, 0.717) is 10.9 Å². The van der Waals surface area contributed by atoms with E-state index in [0.717, 1.165) is 25.7 Å². The lowest BCUT2D eigenvalue weighted by Crippen LogP contribution is -2.55. The Morgan fingerprint density at radius 1 is 1.28 bits per heavy atom. The van der Waals surface area contributed by atoms with E-state index in [2.05, 4.69) is 43.3 Å². The van der Waals surface area contributed by atoms with Crippen LogP contribution in [0, 0.1) is 10.8 Å². The van der Waals surface area contributed by atoms with Gasteiger partial charge in [0.15, 0.2) is 0 Å². The molecule has 1 nitrogen and oxygen atoms in total. The van der Waals surface area contributed by atoms with Gasteiger partial charge in [-0.2, -0.15) is 0 Å². The molecule has 0 radical (unpaired) electrons. The molecule has 3 heteroatoms. The lowest BCUT2D eigenvalue weighted by molar-refractivity contribution is 0.000826. The highest BCUT2D eigenvalue weighted by atomic mass is 79.9. The highest BCUT2D eigenvalue weighted by Crippen LogP contribution is 2.68. The monoisotopic (exact) mass is 332 g/mol. The number of halogens is 2. The van der Waals surface area contributed by atoms with Crippen molar-refractivity contribution in [3.63, 3.8) is 0 Å². The largest absolute Gasteiger partial charge is 0.373 e. The van der Waals surface area contributed by atoms with Crippen LogP contribution in [0.3, 0.4) is 0 Å². The first-order valence-corrected chi connectivity index (χ1v) is 8.18. The smallest absolute Gasteiger partial charge is 0.0695 e. The molecule has 0 N–H and O–H groups in total. The molecule has 1 heterocycles. The van der Waals surface area contributed by atoms with Gasteiger partial charge < -0.3 is 4.74 Å². The summed E-state index contributed by atoms with van der Waals surface area (Å²) in [7, 11) is 0. The summed E-state index contributed by atoms with van der Waals surface area (Å²) in [6, 6.07) is 0. The fourth-order valence-electron chi connectivity index (χ4n) is 4.57. The molecule has 1 spiro atoms. The lowest BCUT2D eigenvalue weighted by atomic mass is 9.50. The van der Waals surface area contributed by atoms with Crippen LogP contribution in [0.25, 0.3) is 0 Å². The summed E-state index contributed by atoms with van der Waals surface area (Å²) in [6.45, 7) is 11.2. The zero-order valence-corrected chi connectivity index (χ0v) is 13.8. The zero-order chi connectivity index (χ0) is 13.3. The quantitative estimate of drug-likeness (QED) is 0.462. The van der Waals surface area contributed by atoms with Crippen LogP contribution in [0.15, 0.2) is 12.2 Å². The van der Waals surface area contributed by atoms with Crippen molar-refractivity contribution in [1.82, 2.24) is 0 Å². The Morgan fingerprint density at radius 2 is 1.94 bits per heavy atom. The van der Waals surface area contributed by atoms with Crippen molar-refractivity contribution in [2.75, 3.05) is 0 Å². The Labute approximate surface area is 123 Å². The average Bonchev–Trinajstić information content (AvgIpc) is 2.38. The molecule has 2 saturated carbocycles. The molecule has 2 aliphatic carbocycles. The Balaban J connectivity index is 2.08. The summed E-state index contributed by atoms with van der Waals surface area (Å²) in [4.78, 5) is 0.128. The molecular formula is C15H22BrClO. The molecule has 3 aliphatic rings. The molecule has 0 aromatic carbocycles. The summed E-state index contributed by atoms with van der Waals surface area (Å²) in [5.74, 6) is 0. The van der Waals surface area contributed by atoms with E-state index in [1.807, 2.05) is 0 Å². The molecule has 3 fully saturated rings. The van der Waals surface area contributed by atoms with E-state index in [4.69, 9.17) is 16.3 Å². The average molecular weight is 334 g/mol. The van der Waals surface area contributed by atoms with Crippen LogP contribution in [-0.2, 0) is 4.74 Å². The van der Waals surface area contributed by atoms with E-state index in [9.17, 15) is 0 Å². The van der Waals surface area contributed by atoms with Crippen LogP contribution in [0.2, 0.25) is 0 Å². The number of hydrogen-bond donors (Lipinski definition) is 0. The summed E-state index contributed by atoms with van der Waals surface area (Å²) < 4.78 is 6.38. The minimum atomic E-state index is -0.205. The lowest BCUT2D eigenvalue weighted by Gasteiger charge is -2.55. The summed E-state index contributed by atoms with van der Waals surface area (Å²) >= 11 is 10.5. The first kappa shape index (κ1) is 13.5. The molecule has 3 unspecified atom stereocenters. The third-order valence-electron chi connectivity index (χ3n) is 5.91. The normalized spacial score (nSPS) is 54.3. The Bertz CT molecular complexity index is 403. The maximum absolute atomic E-state index is 6.66. The number of hydrogen-bond acceptors (Lipinski definition) is 1. The van der Waals surface area contributed by atoms with Crippen LogP contribution in [0.1, 0.15) is 46.5 Å². The van der Waals surface area contributed by atoms with Crippen molar-refractivity contribution >= 4 is 27.5 Å². The third kappa shape index (κ3) is 1.43. The molecule has 0 aromatic rings. The van der Waals surface area contributed by atoms with Gasteiger partial charge in [0.25, 0.3) is 0 Å². The second kappa shape index (κ2) is 3.77. The predicted molar refractivity (Wildman–Crippen MR) is 79.5 cm³/mol. The first-order chi connectivity index (χ1) is 8.22. The van der Waals surface area contributed by atoms with Crippen molar-refractivity contribution in [1.29, 1.82) is 0 Å². The molecule has 5 atom stereocenters. The van der Waals surface area contributed by atoms with Crippen LogP contribution < -0.4 is 0 Å².